The van der Waals surface area contributed by atoms with Crippen molar-refractivity contribution in [2.24, 2.45) is 0 Å². The molecule has 0 rings (SSSR count). The van der Waals surface area contributed by atoms with Crippen molar-refractivity contribution in [1.82, 2.24) is 0 Å². The van der Waals surface area contributed by atoms with E-state index in [4.69, 9.17) is 10.5 Å². The van der Waals surface area contributed by atoms with Crippen LogP contribution in [-0.4, -0.2) is 0 Å². The predicted molar refractivity (Wildman–Crippen MR) is 51.4 cm³/mol. The maximum Gasteiger partial charge on any atom is 1.00 e. The second kappa shape index (κ2) is 11.4. The number of nitrogens with zero attached hydrogens (tertiary/aromatic N) is 1. The van der Waals surface area contributed by atoms with Gasteiger partial charge in [-0.15, -0.1) is 0 Å². The third-order valence-corrected chi connectivity index (χ3v) is 0. The Bertz CT molecular complexity index is 62.5. The molecule has 0 fully saturated rings. The zero-order chi connectivity index (χ0) is 7.45. The van der Waals surface area contributed by atoms with Crippen molar-refractivity contribution >= 4 is 67.8 Å². The predicted octanol–water partition coefficient (Wildman–Crippen LogP) is -1.44. The molecule has 0 N–H and O–H groups in total. The molecule has 0 saturated heterocycles. The number of hydrogen-bond donors (Lipinski definition) is 0. The minimum absolute atomic E-state index is 0. The van der Waals surface area contributed by atoms with E-state index < -0.39 is 3.94 Å². The first-order valence-electron chi connectivity index (χ1n) is 0.851. The average molecular weight is 698 g/mol. The van der Waals surface area contributed by atoms with Crippen LogP contribution in [0.4, 0.5) is 0 Å². The van der Waals surface area contributed by atoms with Crippen molar-refractivity contribution in [1.29, 1.82) is 0 Å². The molecule has 0 bridgehead atoms. The van der Waals surface area contributed by atoms with Gasteiger partial charge < -0.3 is 10.5 Å². The smallest absolute Gasteiger partial charge is 0.577 e. The summed E-state index contributed by atoms with van der Waals surface area (Å²) in [7, 11) is 0. The van der Waals surface area contributed by atoms with Gasteiger partial charge in [0.2, 0.25) is 0 Å². The van der Waals surface area contributed by atoms with Gasteiger partial charge in [0, 0.05) is 0 Å². The van der Waals surface area contributed by atoms with Crippen LogP contribution >= 0.6 is 67.8 Å². The monoisotopic (exact) mass is 694 g/mol. The molecule has 0 aromatic carbocycles. The molecule has 0 saturated carbocycles. The van der Waals surface area contributed by atoms with E-state index in [0.29, 0.717) is 0 Å². The summed E-state index contributed by atoms with van der Waals surface area (Å²) < 4.78 is -2.59. The van der Waals surface area contributed by atoms with E-state index in [2.05, 4.69) is 67.8 Å². The van der Waals surface area contributed by atoms with Crippen LogP contribution in [0.15, 0.2) is 0 Å². The minimum Gasteiger partial charge on any atom is -0.577 e. The molecule has 0 aliphatic carbocycles. The van der Waals surface area contributed by atoms with E-state index in [1.807, 2.05) is 0 Å². The molecular weight excluding hydrogens is 698 g/mol. The molecular formula is Br5K2NOOs+. The van der Waals surface area contributed by atoms with Crippen LogP contribution in [0.2, 0.25) is 0 Å². The Morgan fingerprint density at radius 2 is 0.800 bits per heavy atom. The fraction of sp³-hybridized carbons (Fsp3) is 0. The molecule has 0 radical (unpaired) electrons. The molecule has 0 atom stereocenters. The molecule has 0 aromatic heterocycles. The average Bonchev–Trinajstić information content (AvgIpc) is 1.33. The number of hydrogen-bond acceptors (Lipinski definition) is 1. The third kappa shape index (κ3) is 66.4. The Morgan fingerprint density at radius 1 is 0.800 bits per heavy atom. The maximum absolute atomic E-state index is 7.25. The van der Waals surface area contributed by atoms with Crippen LogP contribution in [0.5, 0.6) is 0 Å². The fourth-order valence-electron chi connectivity index (χ4n) is 0. The molecule has 0 aliphatic heterocycles. The van der Waals surface area contributed by atoms with Gasteiger partial charge in [-0.3, -0.25) is 0 Å². The van der Waals surface area contributed by atoms with E-state index in [-0.39, 0.29) is 103 Å². The number of halogens is 5. The molecule has 0 unspecified atom stereocenters. The Labute approximate surface area is 178 Å². The zero-order valence-corrected chi connectivity index (χ0v) is 21.8. The first-order valence-corrected chi connectivity index (χ1v) is 28.6. The molecule has 55 valence electrons. The molecule has 0 aromatic rings. The van der Waals surface area contributed by atoms with Gasteiger partial charge in [-0.2, -0.15) is 0 Å². The standard InChI is InChI=1S/5BrH.2K.NO.Os/c;;;;;;;1-2;/h5*1H;;;;/q;;;;;2*+1;-1;+5/p-5. The second-order valence-electron chi connectivity index (χ2n) is 0.505. The molecule has 10 heteroatoms. The van der Waals surface area contributed by atoms with Crippen molar-refractivity contribution in [2.75, 3.05) is 0 Å². The Morgan fingerprint density at radius 3 is 0.800 bits per heavy atom. The van der Waals surface area contributed by atoms with Crippen LogP contribution in [0.25, 0.3) is 5.59 Å². The molecule has 0 heterocycles. The number of nitroso groups, excluding NO2 is 1. The van der Waals surface area contributed by atoms with E-state index in [1.54, 1.807) is 0 Å². The third-order valence-electron chi connectivity index (χ3n) is 0. The molecule has 0 aliphatic rings. The maximum atomic E-state index is 7.25. The van der Waals surface area contributed by atoms with Crippen LogP contribution in [0, 0.1) is 4.91 Å². The summed E-state index contributed by atoms with van der Waals surface area (Å²) in [5.74, 6) is 0. The van der Waals surface area contributed by atoms with Gasteiger partial charge in [0.25, 0.3) is 0 Å². The largest absolute Gasteiger partial charge is 1.00 e. The minimum atomic E-state index is -2.59. The van der Waals surface area contributed by atoms with Gasteiger partial charge in [-0.05, 0) is 0 Å². The molecule has 0 spiro atoms. The first kappa shape index (κ1) is 24.9. The van der Waals surface area contributed by atoms with Gasteiger partial charge in [0.05, 0.1) is 0 Å². The Kier molecular flexibility index (Phi) is 28.4. The van der Waals surface area contributed by atoms with Crippen LogP contribution in [0.3, 0.4) is 0 Å². The number of rotatable bonds is 0. The van der Waals surface area contributed by atoms with Gasteiger partial charge >= 0.3 is 175 Å². The summed E-state index contributed by atoms with van der Waals surface area (Å²) in [6.45, 7) is 0. The van der Waals surface area contributed by atoms with Crippen LogP contribution in [0.1, 0.15) is 0 Å². The summed E-state index contributed by atoms with van der Waals surface area (Å²) in [6, 6.07) is 0. The van der Waals surface area contributed by atoms with Crippen LogP contribution in [-0.2, 0) is 3.94 Å². The summed E-state index contributed by atoms with van der Waals surface area (Å²) in [4.78, 5) is 7.25. The van der Waals surface area contributed by atoms with Crippen molar-refractivity contribution in [3.05, 3.63) is 10.5 Å². The second-order valence-corrected chi connectivity index (χ2v) is 112. The molecule has 10 heavy (non-hydrogen) atoms. The van der Waals surface area contributed by atoms with Gasteiger partial charge in [-0.1, -0.05) is 0 Å². The summed E-state index contributed by atoms with van der Waals surface area (Å²) in [6.07, 6.45) is 0. The van der Waals surface area contributed by atoms with Crippen molar-refractivity contribution < 1.29 is 107 Å². The van der Waals surface area contributed by atoms with Crippen molar-refractivity contribution in [2.45, 2.75) is 0 Å². The normalized spacial score (nSPS) is 11.9. The van der Waals surface area contributed by atoms with Crippen molar-refractivity contribution in [3.8, 4) is 0 Å². The van der Waals surface area contributed by atoms with Gasteiger partial charge in [0.1, 0.15) is 0 Å². The first-order chi connectivity index (χ1) is 3.24. The quantitative estimate of drug-likeness (QED) is 0.286. The summed E-state index contributed by atoms with van der Waals surface area (Å²) in [5, 5.41) is 0. The van der Waals surface area contributed by atoms with E-state index in [9.17, 15) is 0 Å². The fourth-order valence-corrected chi connectivity index (χ4v) is 0. The SMILES string of the molecule is [Br][Os]([Br])([Br])([Br])[Br].[K+].[K+].[N-]=O. The molecule has 2 nitrogen and oxygen atoms in total. The molecule has 0 amide bonds. The van der Waals surface area contributed by atoms with E-state index >= 15 is 0 Å². The topological polar surface area (TPSA) is 39.4 Å². The summed E-state index contributed by atoms with van der Waals surface area (Å²) in [5.41, 5.74) is 5.75. The zero-order valence-electron chi connectivity index (χ0n) is 5.10. The van der Waals surface area contributed by atoms with E-state index in [0.717, 1.165) is 0 Å². The van der Waals surface area contributed by atoms with Crippen molar-refractivity contribution in [3.63, 3.8) is 0 Å². The Hall–Kier alpha value is 5.91. The Balaban J connectivity index is -0.0000000412. The van der Waals surface area contributed by atoms with Gasteiger partial charge in [-0.25, -0.2) is 0 Å². The van der Waals surface area contributed by atoms with Crippen LogP contribution < -0.4 is 103 Å². The summed E-state index contributed by atoms with van der Waals surface area (Å²) >= 11 is 16.7. The van der Waals surface area contributed by atoms with E-state index in [1.165, 1.54) is 0 Å². The van der Waals surface area contributed by atoms with Gasteiger partial charge in [0.15, 0.2) is 0 Å².